The number of aliphatic hydroxyl groups excluding tert-OH is 3. The van der Waals surface area contributed by atoms with Gasteiger partial charge in [0.05, 0.1) is 12.9 Å². The minimum Gasteiger partial charge on any atom is -0.508 e. The van der Waals surface area contributed by atoms with Crippen molar-refractivity contribution < 1.29 is 25.2 Å². The van der Waals surface area contributed by atoms with Gasteiger partial charge >= 0.3 is 0 Å². The molecule has 3 heterocycles. The molecule has 1 aromatic carbocycles. The number of hydrogen-bond acceptors (Lipinski definition) is 9. The van der Waals surface area contributed by atoms with Gasteiger partial charge in [-0.15, -0.1) is 0 Å². The van der Waals surface area contributed by atoms with Crippen LogP contribution in [0.3, 0.4) is 0 Å². The molecule has 4 rings (SSSR count). The average molecular weight is 408 g/mol. The molecule has 1 aliphatic heterocycles. The summed E-state index contributed by atoms with van der Waals surface area (Å²) in [5.41, 5.74) is 1.38. The molecule has 0 radical (unpaired) electrons. The summed E-state index contributed by atoms with van der Waals surface area (Å²) in [6.07, 6.45) is -1.58. The zero-order valence-electron chi connectivity index (χ0n) is 14.5. The summed E-state index contributed by atoms with van der Waals surface area (Å²) in [5.74, 6) is 0.508. The Morgan fingerprint density at radius 3 is 2.75 bits per heavy atom. The maximum absolute atomic E-state index is 10.2. The lowest BCUT2D eigenvalue weighted by Gasteiger charge is -2.16. The maximum atomic E-state index is 10.2. The molecule has 5 N–H and O–H groups in total. The van der Waals surface area contributed by atoms with E-state index in [1.807, 2.05) is 0 Å². The Bertz CT molecular complexity index is 999. The second-order valence-corrected chi connectivity index (χ2v) is 6.84. The Balaban J connectivity index is 1.61. The van der Waals surface area contributed by atoms with E-state index in [1.54, 1.807) is 12.1 Å². The van der Waals surface area contributed by atoms with Crippen LogP contribution in [0.25, 0.3) is 11.2 Å². The van der Waals surface area contributed by atoms with E-state index in [-0.39, 0.29) is 12.3 Å². The van der Waals surface area contributed by atoms with Crippen molar-refractivity contribution in [2.45, 2.75) is 31.1 Å². The molecular weight excluding hydrogens is 390 g/mol. The molecule has 1 aliphatic rings. The number of anilines is 1. The van der Waals surface area contributed by atoms with Crippen molar-refractivity contribution in [1.82, 2.24) is 19.5 Å². The van der Waals surface area contributed by atoms with E-state index >= 15 is 0 Å². The number of fused-ring (bicyclic) bond motifs is 1. The lowest BCUT2D eigenvalue weighted by atomic mass is 10.1. The Morgan fingerprint density at radius 1 is 1.18 bits per heavy atom. The smallest absolute Gasteiger partial charge is 0.167 e. The average Bonchev–Trinajstić information content (AvgIpc) is 3.24. The molecule has 0 aliphatic carbocycles. The van der Waals surface area contributed by atoms with Gasteiger partial charge in [0.2, 0.25) is 0 Å². The fraction of sp³-hybridized carbons (Fsp3) is 0.353. The highest BCUT2D eigenvalue weighted by molar-refractivity contribution is 6.30. The number of phenolic OH excluding ortho intramolecular Hbond substituents is 1. The van der Waals surface area contributed by atoms with Crippen molar-refractivity contribution in [3.8, 4) is 5.75 Å². The molecule has 0 amide bonds. The van der Waals surface area contributed by atoms with Gasteiger partial charge in [-0.2, -0.15) is 0 Å². The molecule has 1 saturated heterocycles. The molecular formula is C17H18ClN5O5. The monoisotopic (exact) mass is 407 g/mol. The largest absolute Gasteiger partial charge is 0.508 e. The first-order valence-electron chi connectivity index (χ1n) is 8.51. The van der Waals surface area contributed by atoms with Crippen LogP contribution >= 0.6 is 11.6 Å². The molecule has 2 aromatic heterocycles. The zero-order valence-corrected chi connectivity index (χ0v) is 15.2. The molecule has 0 bridgehead atoms. The Hall–Kier alpha value is -2.50. The van der Waals surface area contributed by atoms with Crippen LogP contribution in [-0.2, 0) is 11.3 Å². The first-order chi connectivity index (χ1) is 13.5. The third kappa shape index (κ3) is 3.25. The number of rotatable bonds is 5. The number of hydrogen-bond donors (Lipinski definition) is 5. The van der Waals surface area contributed by atoms with Crippen LogP contribution < -0.4 is 5.32 Å². The van der Waals surface area contributed by atoms with E-state index in [0.29, 0.717) is 27.6 Å². The van der Waals surface area contributed by atoms with Gasteiger partial charge in [-0.1, -0.05) is 11.6 Å². The fourth-order valence-corrected chi connectivity index (χ4v) is 3.35. The minimum atomic E-state index is -1.25. The summed E-state index contributed by atoms with van der Waals surface area (Å²) < 4.78 is 7.00. The standard InChI is InChI=1S/C17H18ClN5O5/c18-9-1-2-10(25)8(3-9)4-19-15-12-16(21-6-20-15)23(7-22-12)17-14(27)13(26)11(5-24)28-17/h1-3,6-7,11,13-14,17,24-27H,4-5H2,(H,19,20,21)/t11-,13-,14-,17-/m1/s1. The van der Waals surface area contributed by atoms with Gasteiger partial charge in [0.15, 0.2) is 23.2 Å². The topological polar surface area (TPSA) is 146 Å². The van der Waals surface area contributed by atoms with Gasteiger partial charge in [0, 0.05) is 17.1 Å². The molecule has 28 heavy (non-hydrogen) atoms. The summed E-state index contributed by atoms with van der Waals surface area (Å²) in [5, 5.41) is 43.0. The van der Waals surface area contributed by atoms with Crippen molar-refractivity contribution >= 4 is 28.6 Å². The van der Waals surface area contributed by atoms with Crippen LogP contribution in [0.4, 0.5) is 5.82 Å². The molecule has 0 unspecified atom stereocenters. The SMILES string of the molecule is OC[C@H]1O[C@@H](n2cnc3c(NCc4cc(Cl)ccc4O)ncnc32)[C@H](O)[C@@H]1O. The summed E-state index contributed by atoms with van der Waals surface area (Å²) in [4.78, 5) is 12.6. The number of nitrogens with zero attached hydrogens (tertiary/aromatic N) is 4. The summed E-state index contributed by atoms with van der Waals surface area (Å²) in [6, 6.07) is 4.73. The number of benzene rings is 1. The second kappa shape index (κ2) is 7.49. The lowest BCUT2D eigenvalue weighted by Crippen LogP contribution is -2.33. The third-order valence-corrected chi connectivity index (χ3v) is 4.87. The Kier molecular flexibility index (Phi) is 5.04. The maximum Gasteiger partial charge on any atom is 0.167 e. The zero-order chi connectivity index (χ0) is 19.8. The van der Waals surface area contributed by atoms with Crippen molar-refractivity contribution in [2.75, 3.05) is 11.9 Å². The number of halogens is 1. The van der Waals surface area contributed by atoms with E-state index in [2.05, 4.69) is 20.3 Å². The minimum absolute atomic E-state index is 0.0965. The molecule has 3 aromatic rings. The lowest BCUT2D eigenvalue weighted by molar-refractivity contribution is -0.0511. The van der Waals surface area contributed by atoms with Gasteiger partial charge < -0.3 is 30.5 Å². The third-order valence-electron chi connectivity index (χ3n) is 4.64. The van der Waals surface area contributed by atoms with Crippen LogP contribution in [-0.4, -0.2) is 64.9 Å². The highest BCUT2D eigenvalue weighted by Crippen LogP contribution is 2.32. The Morgan fingerprint density at radius 2 is 2.00 bits per heavy atom. The highest BCUT2D eigenvalue weighted by atomic mass is 35.5. The Labute approximate surface area is 164 Å². The van der Waals surface area contributed by atoms with E-state index in [9.17, 15) is 20.4 Å². The summed E-state index contributed by atoms with van der Waals surface area (Å²) in [7, 11) is 0. The highest BCUT2D eigenvalue weighted by Gasteiger charge is 2.44. The number of aliphatic hydroxyl groups is 3. The summed E-state index contributed by atoms with van der Waals surface area (Å²) in [6.45, 7) is -0.175. The number of ether oxygens (including phenoxy) is 1. The molecule has 0 spiro atoms. The normalized spacial score (nSPS) is 24.7. The second-order valence-electron chi connectivity index (χ2n) is 6.40. The predicted molar refractivity (Wildman–Crippen MR) is 98.8 cm³/mol. The number of imidazole rings is 1. The quantitative estimate of drug-likeness (QED) is 0.405. The van der Waals surface area contributed by atoms with Gasteiger partial charge in [0.25, 0.3) is 0 Å². The van der Waals surface area contributed by atoms with E-state index in [4.69, 9.17) is 16.3 Å². The van der Waals surface area contributed by atoms with E-state index < -0.39 is 31.1 Å². The number of aromatic nitrogens is 4. The molecule has 11 heteroatoms. The molecule has 1 fully saturated rings. The van der Waals surface area contributed by atoms with Crippen molar-refractivity contribution in [3.63, 3.8) is 0 Å². The van der Waals surface area contributed by atoms with Gasteiger partial charge in [-0.05, 0) is 18.2 Å². The number of phenols is 1. The van der Waals surface area contributed by atoms with Gasteiger partial charge in [-0.3, -0.25) is 4.57 Å². The van der Waals surface area contributed by atoms with E-state index in [1.165, 1.54) is 23.3 Å². The number of aromatic hydroxyl groups is 1. The summed E-state index contributed by atoms with van der Waals surface area (Å²) >= 11 is 5.96. The molecule has 0 saturated carbocycles. The van der Waals surface area contributed by atoms with Crippen LogP contribution in [0.15, 0.2) is 30.9 Å². The first-order valence-corrected chi connectivity index (χ1v) is 8.88. The van der Waals surface area contributed by atoms with Crippen molar-refractivity contribution in [2.24, 2.45) is 0 Å². The van der Waals surface area contributed by atoms with Crippen LogP contribution in [0, 0.1) is 0 Å². The van der Waals surface area contributed by atoms with Crippen LogP contribution in [0.5, 0.6) is 5.75 Å². The van der Waals surface area contributed by atoms with Crippen LogP contribution in [0.2, 0.25) is 5.02 Å². The first kappa shape index (κ1) is 18.8. The molecule has 4 atom stereocenters. The van der Waals surface area contributed by atoms with E-state index in [0.717, 1.165) is 0 Å². The molecule has 10 nitrogen and oxygen atoms in total. The van der Waals surface area contributed by atoms with Crippen molar-refractivity contribution in [1.29, 1.82) is 0 Å². The fourth-order valence-electron chi connectivity index (χ4n) is 3.15. The van der Waals surface area contributed by atoms with Crippen LogP contribution in [0.1, 0.15) is 11.8 Å². The van der Waals surface area contributed by atoms with Crippen molar-refractivity contribution in [3.05, 3.63) is 41.4 Å². The van der Waals surface area contributed by atoms with Gasteiger partial charge in [0.1, 0.15) is 30.4 Å². The predicted octanol–water partition coefficient (Wildman–Crippen LogP) is 0.409. The number of nitrogens with one attached hydrogen (secondary N) is 1. The van der Waals surface area contributed by atoms with Gasteiger partial charge in [-0.25, -0.2) is 15.0 Å². The molecule has 148 valence electrons.